The van der Waals surface area contributed by atoms with Gasteiger partial charge in [-0.25, -0.2) is 18.7 Å². The summed E-state index contributed by atoms with van der Waals surface area (Å²) in [6.45, 7) is 4.90. The molecule has 7 heteroatoms. The summed E-state index contributed by atoms with van der Waals surface area (Å²) in [4.78, 5) is 8.33. The molecule has 5 nitrogen and oxygen atoms in total. The van der Waals surface area contributed by atoms with Crippen molar-refractivity contribution in [1.29, 1.82) is 0 Å². The molecule has 0 unspecified atom stereocenters. The van der Waals surface area contributed by atoms with Crippen molar-refractivity contribution in [3.05, 3.63) is 11.9 Å². The van der Waals surface area contributed by atoms with Gasteiger partial charge < -0.3 is 15.4 Å². The van der Waals surface area contributed by atoms with Gasteiger partial charge in [0.25, 0.3) is 6.43 Å². The maximum absolute atomic E-state index is 11.9. The molecule has 1 rings (SSSR count). The molecule has 0 aliphatic rings. The molecule has 1 aromatic rings. The van der Waals surface area contributed by atoms with Gasteiger partial charge in [-0.2, -0.15) is 0 Å². The second kappa shape index (κ2) is 8.58. The van der Waals surface area contributed by atoms with Crippen LogP contribution in [0.15, 0.2) is 6.33 Å². The summed E-state index contributed by atoms with van der Waals surface area (Å²) in [6.07, 6.45) is -0.172. The Morgan fingerprint density at radius 1 is 1.21 bits per heavy atom. The largest absolute Gasteiger partial charge is 0.374 e. The van der Waals surface area contributed by atoms with Crippen molar-refractivity contribution in [1.82, 2.24) is 9.97 Å². The van der Waals surface area contributed by atoms with Crippen LogP contribution in [0.5, 0.6) is 0 Å². The molecule has 0 spiro atoms. The van der Waals surface area contributed by atoms with Crippen LogP contribution in [0.2, 0.25) is 0 Å². The molecule has 0 radical (unpaired) electrons. The van der Waals surface area contributed by atoms with E-state index in [0.29, 0.717) is 12.4 Å². The van der Waals surface area contributed by atoms with E-state index >= 15 is 0 Å². The summed E-state index contributed by atoms with van der Waals surface area (Å²) < 4.78 is 28.5. The van der Waals surface area contributed by atoms with Gasteiger partial charge in [-0.15, -0.1) is 0 Å². The van der Waals surface area contributed by atoms with E-state index in [1.807, 2.05) is 13.8 Å². The standard InChI is InChI=1S/C12H20F2N4O/c1-3-9-11(15-4-2)17-8-18-12(9)16-5-6-19-7-10(13)14/h8,10H,3-7H2,1-2H3,(H2,15,16,17,18). The maximum atomic E-state index is 11.9. The third kappa shape index (κ3) is 5.34. The first-order chi connectivity index (χ1) is 9.19. The van der Waals surface area contributed by atoms with Crippen LogP contribution in [0.1, 0.15) is 19.4 Å². The SMILES string of the molecule is CCNc1ncnc(NCCOCC(F)F)c1CC. The summed E-state index contributed by atoms with van der Waals surface area (Å²) in [6, 6.07) is 0. The summed E-state index contributed by atoms with van der Waals surface area (Å²) >= 11 is 0. The Balaban J connectivity index is 2.50. The van der Waals surface area contributed by atoms with Gasteiger partial charge in [0.05, 0.1) is 6.61 Å². The first-order valence-electron chi connectivity index (χ1n) is 6.36. The Kier molecular flexibility index (Phi) is 7.02. The molecular weight excluding hydrogens is 254 g/mol. The van der Waals surface area contributed by atoms with E-state index in [9.17, 15) is 8.78 Å². The summed E-state index contributed by atoms with van der Waals surface area (Å²) in [5, 5.41) is 6.24. The lowest BCUT2D eigenvalue weighted by atomic mass is 10.2. The van der Waals surface area contributed by atoms with Crippen molar-refractivity contribution in [3.63, 3.8) is 0 Å². The molecule has 0 aromatic carbocycles. The number of hydrogen-bond donors (Lipinski definition) is 2. The van der Waals surface area contributed by atoms with E-state index in [1.54, 1.807) is 0 Å². The van der Waals surface area contributed by atoms with Crippen molar-refractivity contribution in [2.24, 2.45) is 0 Å². The van der Waals surface area contributed by atoms with Crippen molar-refractivity contribution in [2.75, 3.05) is 36.9 Å². The first-order valence-corrected chi connectivity index (χ1v) is 6.36. The number of nitrogens with one attached hydrogen (secondary N) is 2. The molecule has 0 aliphatic heterocycles. The van der Waals surface area contributed by atoms with Crippen molar-refractivity contribution >= 4 is 11.6 Å². The summed E-state index contributed by atoms with van der Waals surface area (Å²) in [5.74, 6) is 1.52. The smallest absolute Gasteiger partial charge is 0.261 e. The minimum Gasteiger partial charge on any atom is -0.374 e. The molecule has 108 valence electrons. The van der Waals surface area contributed by atoms with E-state index < -0.39 is 13.0 Å². The van der Waals surface area contributed by atoms with Crippen molar-refractivity contribution in [3.8, 4) is 0 Å². The van der Waals surface area contributed by atoms with Gasteiger partial charge in [0.2, 0.25) is 0 Å². The third-order valence-electron chi connectivity index (χ3n) is 2.43. The van der Waals surface area contributed by atoms with E-state index in [0.717, 1.165) is 24.3 Å². The fourth-order valence-electron chi connectivity index (χ4n) is 1.63. The van der Waals surface area contributed by atoms with Crippen LogP contribution in [-0.2, 0) is 11.2 Å². The first kappa shape index (κ1) is 15.6. The number of hydrogen-bond acceptors (Lipinski definition) is 5. The molecule has 19 heavy (non-hydrogen) atoms. The average molecular weight is 274 g/mol. The fraction of sp³-hybridized carbons (Fsp3) is 0.667. The van der Waals surface area contributed by atoms with E-state index in [2.05, 4.69) is 20.6 Å². The predicted molar refractivity (Wildman–Crippen MR) is 70.9 cm³/mol. The molecular formula is C12H20F2N4O. The zero-order valence-corrected chi connectivity index (χ0v) is 11.2. The zero-order chi connectivity index (χ0) is 14.1. The molecule has 1 aromatic heterocycles. The number of rotatable bonds is 9. The van der Waals surface area contributed by atoms with Crippen molar-refractivity contribution < 1.29 is 13.5 Å². The van der Waals surface area contributed by atoms with Crippen LogP contribution >= 0.6 is 0 Å². The topological polar surface area (TPSA) is 59.1 Å². The van der Waals surface area contributed by atoms with E-state index in [-0.39, 0.29) is 6.61 Å². The van der Waals surface area contributed by atoms with Crippen LogP contribution in [0.25, 0.3) is 0 Å². The van der Waals surface area contributed by atoms with Crippen LogP contribution in [0, 0.1) is 0 Å². The number of ether oxygens (including phenoxy) is 1. The minimum absolute atomic E-state index is 0.216. The summed E-state index contributed by atoms with van der Waals surface area (Å²) in [5.41, 5.74) is 0.984. The molecule has 2 N–H and O–H groups in total. The van der Waals surface area contributed by atoms with Gasteiger partial charge in [0.15, 0.2) is 0 Å². The van der Waals surface area contributed by atoms with Crippen LogP contribution in [0.3, 0.4) is 0 Å². The number of halogens is 2. The molecule has 0 saturated carbocycles. The Morgan fingerprint density at radius 2 is 1.89 bits per heavy atom. The Bertz CT molecular complexity index is 377. The van der Waals surface area contributed by atoms with Crippen LogP contribution in [0.4, 0.5) is 20.4 Å². The lowest BCUT2D eigenvalue weighted by Crippen LogP contribution is -2.15. The molecule has 0 amide bonds. The van der Waals surface area contributed by atoms with E-state index in [1.165, 1.54) is 6.33 Å². The number of anilines is 2. The quantitative estimate of drug-likeness (QED) is 0.676. The van der Waals surface area contributed by atoms with Gasteiger partial charge in [-0.05, 0) is 13.3 Å². The van der Waals surface area contributed by atoms with Crippen molar-refractivity contribution in [2.45, 2.75) is 26.7 Å². The normalized spacial score (nSPS) is 10.8. The molecule has 1 heterocycles. The maximum Gasteiger partial charge on any atom is 0.261 e. The Morgan fingerprint density at radius 3 is 2.47 bits per heavy atom. The monoisotopic (exact) mass is 274 g/mol. The minimum atomic E-state index is -2.43. The average Bonchev–Trinajstić information content (AvgIpc) is 2.38. The van der Waals surface area contributed by atoms with Gasteiger partial charge >= 0.3 is 0 Å². The van der Waals surface area contributed by atoms with Gasteiger partial charge in [-0.3, -0.25) is 0 Å². The second-order valence-corrected chi connectivity index (χ2v) is 3.83. The van der Waals surface area contributed by atoms with E-state index in [4.69, 9.17) is 4.74 Å². The highest BCUT2D eigenvalue weighted by atomic mass is 19.3. The van der Waals surface area contributed by atoms with Gasteiger partial charge in [0, 0.05) is 18.7 Å². The highest BCUT2D eigenvalue weighted by Crippen LogP contribution is 2.19. The Labute approximate surface area is 111 Å². The highest BCUT2D eigenvalue weighted by molar-refractivity contribution is 5.57. The third-order valence-corrected chi connectivity index (χ3v) is 2.43. The lowest BCUT2D eigenvalue weighted by molar-refractivity contribution is 0.0214. The van der Waals surface area contributed by atoms with Crippen LogP contribution in [-0.4, -0.2) is 42.7 Å². The molecule has 0 bridgehead atoms. The van der Waals surface area contributed by atoms with Gasteiger partial charge in [0.1, 0.15) is 24.6 Å². The zero-order valence-electron chi connectivity index (χ0n) is 11.2. The van der Waals surface area contributed by atoms with Gasteiger partial charge in [-0.1, -0.05) is 6.92 Å². The Hall–Kier alpha value is -1.50. The predicted octanol–water partition coefficient (Wildman–Crippen LogP) is 2.16. The molecule has 0 atom stereocenters. The number of alkyl halides is 2. The number of aromatic nitrogens is 2. The number of nitrogens with zero attached hydrogens (tertiary/aromatic N) is 2. The lowest BCUT2D eigenvalue weighted by Gasteiger charge is -2.13. The molecule has 0 fully saturated rings. The fourth-order valence-corrected chi connectivity index (χ4v) is 1.63. The molecule has 0 saturated heterocycles. The second-order valence-electron chi connectivity index (χ2n) is 3.83. The molecule has 0 aliphatic carbocycles. The highest BCUT2D eigenvalue weighted by Gasteiger charge is 2.08. The summed E-state index contributed by atoms with van der Waals surface area (Å²) in [7, 11) is 0. The van der Waals surface area contributed by atoms with Crippen LogP contribution < -0.4 is 10.6 Å².